The first-order valence-corrected chi connectivity index (χ1v) is 8.73. The molecule has 4 heteroatoms. The van der Waals surface area contributed by atoms with Gasteiger partial charge >= 0.3 is 6.09 Å². The molecule has 0 aliphatic heterocycles. The quantitative estimate of drug-likeness (QED) is 0.846. The number of carbonyl (C=O) groups is 1. The van der Waals surface area contributed by atoms with Crippen LogP contribution in [0.3, 0.4) is 0 Å². The molecule has 3 rings (SSSR count). The van der Waals surface area contributed by atoms with E-state index in [2.05, 4.69) is 51.1 Å². The van der Waals surface area contributed by atoms with Crippen molar-refractivity contribution < 1.29 is 14.3 Å². The number of rotatable bonds is 5. The summed E-state index contributed by atoms with van der Waals surface area (Å²) in [6.07, 6.45) is 0.833. The van der Waals surface area contributed by atoms with Crippen LogP contribution in [0.4, 0.5) is 4.79 Å². The van der Waals surface area contributed by atoms with E-state index >= 15 is 0 Å². The third kappa shape index (κ3) is 3.63. The van der Waals surface area contributed by atoms with E-state index < -0.39 is 6.09 Å². The van der Waals surface area contributed by atoms with Crippen molar-refractivity contribution in [2.24, 2.45) is 11.1 Å². The topological polar surface area (TPSA) is 61.6 Å². The standard InChI is InChI=1S/C21H25NO3/c1-4-11-24-17-8-5-14(6-9-17)15-7-10-18-16(12-15)13-21(2,3)19(18)25-20(22)23/h5-10,12,19H,4,11,13H2,1-3H3,(H2,22,23). The number of hydrogen-bond donors (Lipinski definition) is 1. The highest BCUT2D eigenvalue weighted by Crippen LogP contribution is 2.48. The highest BCUT2D eigenvalue weighted by Gasteiger charge is 2.41. The third-order valence-corrected chi connectivity index (χ3v) is 4.68. The van der Waals surface area contributed by atoms with Gasteiger partial charge in [-0.05, 0) is 47.2 Å². The minimum Gasteiger partial charge on any atom is -0.494 e. The maximum Gasteiger partial charge on any atom is 0.405 e. The molecule has 2 aromatic carbocycles. The Morgan fingerprint density at radius 1 is 1.16 bits per heavy atom. The zero-order chi connectivity index (χ0) is 18.0. The van der Waals surface area contributed by atoms with Crippen LogP contribution in [0.15, 0.2) is 42.5 Å². The molecule has 1 atom stereocenters. The Balaban J connectivity index is 1.86. The van der Waals surface area contributed by atoms with Crippen molar-refractivity contribution in [2.45, 2.75) is 39.7 Å². The lowest BCUT2D eigenvalue weighted by Crippen LogP contribution is -2.25. The van der Waals surface area contributed by atoms with Gasteiger partial charge in [0.15, 0.2) is 0 Å². The molecule has 1 aliphatic carbocycles. The summed E-state index contributed by atoms with van der Waals surface area (Å²) in [5, 5.41) is 0. The van der Waals surface area contributed by atoms with Gasteiger partial charge in [0.1, 0.15) is 11.9 Å². The van der Waals surface area contributed by atoms with E-state index in [4.69, 9.17) is 15.2 Å². The molecule has 0 aromatic heterocycles. The molecule has 0 spiro atoms. The van der Waals surface area contributed by atoms with Gasteiger partial charge in [-0.3, -0.25) is 0 Å². The predicted octanol–water partition coefficient (Wildman–Crippen LogP) is 4.86. The van der Waals surface area contributed by atoms with Crippen LogP contribution in [-0.4, -0.2) is 12.7 Å². The van der Waals surface area contributed by atoms with Crippen LogP contribution in [-0.2, 0) is 11.2 Å². The first kappa shape index (κ1) is 17.3. The number of nitrogens with two attached hydrogens (primary N) is 1. The number of fused-ring (bicyclic) bond motifs is 1. The Kier molecular flexibility index (Phi) is 4.71. The van der Waals surface area contributed by atoms with Gasteiger partial charge in [-0.25, -0.2) is 4.79 Å². The summed E-state index contributed by atoms with van der Waals surface area (Å²) in [6, 6.07) is 14.5. The molecule has 1 aliphatic rings. The SMILES string of the molecule is CCCOc1ccc(-c2ccc3c(c2)CC(C)(C)C3OC(N)=O)cc1. The molecule has 25 heavy (non-hydrogen) atoms. The lowest BCUT2D eigenvalue weighted by Gasteiger charge is -2.26. The summed E-state index contributed by atoms with van der Waals surface area (Å²) < 4.78 is 11.0. The molecule has 0 fully saturated rings. The minimum atomic E-state index is -0.724. The molecule has 0 heterocycles. The molecular formula is C21H25NO3. The van der Waals surface area contributed by atoms with Crippen molar-refractivity contribution in [3.8, 4) is 16.9 Å². The number of hydrogen-bond acceptors (Lipinski definition) is 3. The molecule has 132 valence electrons. The number of carbonyl (C=O) groups excluding carboxylic acids is 1. The maximum atomic E-state index is 11.2. The van der Waals surface area contributed by atoms with Crippen molar-refractivity contribution in [1.82, 2.24) is 0 Å². The molecule has 4 nitrogen and oxygen atoms in total. The molecule has 1 amide bonds. The van der Waals surface area contributed by atoms with Gasteiger partial charge in [-0.15, -0.1) is 0 Å². The number of amides is 1. The largest absolute Gasteiger partial charge is 0.494 e. The molecule has 0 bridgehead atoms. The van der Waals surface area contributed by atoms with Gasteiger partial charge in [0, 0.05) is 5.41 Å². The van der Waals surface area contributed by atoms with E-state index in [0.29, 0.717) is 0 Å². The molecule has 2 N–H and O–H groups in total. The van der Waals surface area contributed by atoms with Crippen LogP contribution in [0.2, 0.25) is 0 Å². The zero-order valence-electron chi connectivity index (χ0n) is 15.0. The van der Waals surface area contributed by atoms with Gasteiger partial charge in [0.25, 0.3) is 0 Å². The molecule has 0 saturated heterocycles. The Morgan fingerprint density at radius 3 is 2.48 bits per heavy atom. The van der Waals surface area contributed by atoms with Crippen LogP contribution in [0.1, 0.15) is 44.4 Å². The minimum absolute atomic E-state index is 0.159. The average Bonchev–Trinajstić information content (AvgIpc) is 2.82. The highest BCUT2D eigenvalue weighted by molar-refractivity contribution is 5.68. The predicted molar refractivity (Wildman–Crippen MR) is 98.6 cm³/mol. The first-order chi connectivity index (χ1) is 11.9. The molecule has 0 saturated carbocycles. The number of primary amides is 1. The second-order valence-corrected chi connectivity index (χ2v) is 7.27. The normalized spacial score (nSPS) is 17.8. The Labute approximate surface area is 148 Å². The fourth-order valence-electron chi connectivity index (χ4n) is 3.50. The summed E-state index contributed by atoms with van der Waals surface area (Å²) in [7, 11) is 0. The van der Waals surface area contributed by atoms with Gasteiger partial charge in [-0.1, -0.05) is 51.1 Å². The second-order valence-electron chi connectivity index (χ2n) is 7.27. The van der Waals surface area contributed by atoms with Crippen LogP contribution in [0, 0.1) is 5.41 Å². The summed E-state index contributed by atoms with van der Waals surface area (Å²) in [5.41, 5.74) is 9.64. The van der Waals surface area contributed by atoms with Gasteiger partial charge in [-0.2, -0.15) is 0 Å². The van der Waals surface area contributed by atoms with Crippen LogP contribution >= 0.6 is 0 Å². The fraction of sp³-hybridized carbons (Fsp3) is 0.381. The van der Waals surface area contributed by atoms with Gasteiger partial charge < -0.3 is 15.2 Å². The van der Waals surface area contributed by atoms with Crippen LogP contribution in [0.5, 0.6) is 5.75 Å². The molecule has 1 unspecified atom stereocenters. The van der Waals surface area contributed by atoms with Crippen molar-refractivity contribution in [1.29, 1.82) is 0 Å². The zero-order valence-corrected chi connectivity index (χ0v) is 15.0. The van der Waals surface area contributed by atoms with Crippen LogP contribution < -0.4 is 10.5 Å². The lowest BCUT2D eigenvalue weighted by molar-refractivity contribution is 0.0392. The second kappa shape index (κ2) is 6.79. The van der Waals surface area contributed by atoms with Gasteiger partial charge in [0.2, 0.25) is 0 Å². The molecule has 0 radical (unpaired) electrons. The summed E-state index contributed by atoms with van der Waals surface area (Å²) >= 11 is 0. The fourth-order valence-corrected chi connectivity index (χ4v) is 3.50. The Bertz CT molecular complexity index is 765. The number of benzene rings is 2. The molecular weight excluding hydrogens is 314 g/mol. The van der Waals surface area contributed by atoms with E-state index in [0.717, 1.165) is 41.9 Å². The Morgan fingerprint density at radius 2 is 1.84 bits per heavy atom. The third-order valence-electron chi connectivity index (χ3n) is 4.68. The van der Waals surface area contributed by atoms with Crippen LogP contribution in [0.25, 0.3) is 11.1 Å². The first-order valence-electron chi connectivity index (χ1n) is 8.73. The van der Waals surface area contributed by atoms with E-state index in [1.54, 1.807) is 0 Å². The van der Waals surface area contributed by atoms with Crippen molar-refractivity contribution in [3.63, 3.8) is 0 Å². The van der Waals surface area contributed by atoms with Crippen molar-refractivity contribution in [2.75, 3.05) is 6.61 Å². The molecule has 2 aromatic rings. The van der Waals surface area contributed by atoms with Crippen molar-refractivity contribution in [3.05, 3.63) is 53.6 Å². The van der Waals surface area contributed by atoms with Gasteiger partial charge in [0.05, 0.1) is 6.61 Å². The summed E-state index contributed by atoms with van der Waals surface area (Å²) in [5.74, 6) is 0.891. The monoisotopic (exact) mass is 339 g/mol. The highest BCUT2D eigenvalue weighted by atomic mass is 16.6. The lowest BCUT2D eigenvalue weighted by atomic mass is 9.87. The van der Waals surface area contributed by atoms with E-state index in [-0.39, 0.29) is 11.5 Å². The van der Waals surface area contributed by atoms with E-state index in [1.807, 2.05) is 12.1 Å². The Hall–Kier alpha value is -2.49. The van der Waals surface area contributed by atoms with Crippen molar-refractivity contribution >= 4 is 6.09 Å². The average molecular weight is 339 g/mol. The number of ether oxygens (including phenoxy) is 2. The van der Waals surface area contributed by atoms with E-state index in [1.165, 1.54) is 5.56 Å². The smallest absolute Gasteiger partial charge is 0.405 e. The maximum absolute atomic E-state index is 11.2. The summed E-state index contributed by atoms with van der Waals surface area (Å²) in [6.45, 7) is 7.02. The summed E-state index contributed by atoms with van der Waals surface area (Å²) in [4.78, 5) is 11.2. The van der Waals surface area contributed by atoms with E-state index in [9.17, 15) is 4.79 Å².